The number of aliphatic carboxylic acids is 1. The van der Waals surface area contributed by atoms with Gasteiger partial charge in [0.1, 0.15) is 6.04 Å². The van der Waals surface area contributed by atoms with Crippen LogP contribution in [0.4, 0.5) is 5.69 Å². The van der Waals surface area contributed by atoms with E-state index in [1.165, 1.54) is 36.4 Å². The molecule has 0 spiro atoms. The van der Waals surface area contributed by atoms with E-state index in [-0.39, 0.29) is 10.8 Å². The molecule has 0 saturated heterocycles. The van der Waals surface area contributed by atoms with Crippen molar-refractivity contribution in [2.75, 3.05) is 5.32 Å². The van der Waals surface area contributed by atoms with Crippen molar-refractivity contribution in [1.29, 1.82) is 0 Å². The lowest BCUT2D eigenvalue weighted by Crippen LogP contribution is -2.33. The third kappa shape index (κ3) is 5.11. The SMILES string of the molecule is Cc1ccc(C(=O)Nc2ccc(S(=O)(=O)N[C@@H](C(=O)O)c3ccccc3)cc2)cc1. The second kappa shape index (κ2) is 8.89. The number of anilines is 1. The van der Waals surface area contributed by atoms with Crippen molar-refractivity contribution in [3.63, 3.8) is 0 Å². The van der Waals surface area contributed by atoms with Crippen LogP contribution in [0.15, 0.2) is 83.8 Å². The van der Waals surface area contributed by atoms with Crippen LogP contribution in [0, 0.1) is 6.92 Å². The maximum atomic E-state index is 12.6. The molecular formula is C22H20N2O5S. The van der Waals surface area contributed by atoms with Gasteiger partial charge in [0.05, 0.1) is 4.90 Å². The van der Waals surface area contributed by atoms with Gasteiger partial charge in [-0.1, -0.05) is 48.0 Å². The fraction of sp³-hybridized carbons (Fsp3) is 0.0909. The van der Waals surface area contributed by atoms with Crippen LogP contribution in [-0.4, -0.2) is 25.4 Å². The zero-order chi connectivity index (χ0) is 21.7. The van der Waals surface area contributed by atoms with Crippen LogP contribution in [0.25, 0.3) is 0 Å². The molecule has 8 heteroatoms. The number of amides is 1. The van der Waals surface area contributed by atoms with Gasteiger partial charge in [0.25, 0.3) is 5.91 Å². The number of rotatable bonds is 7. The van der Waals surface area contributed by atoms with Crippen molar-refractivity contribution in [3.8, 4) is 0 Å². The van der Waals surface area contributed by atoms with Gasteiger partial charge in [-0.25, -0.2) is 8.42 Å². The lowest BCUT2D eigenvalue weighted by molar-refractivity contribution is -0.139. The molecule has 1 amide bonds. The summed E-state index contributed by atoms with van der Waals surface area (Å²) in [5, 5.41) is 12.1. The highest BCUT2D eigenvalue weighted by Gasteiger charge is 2.26. The van der Waals surface area contributed by atoms with Crippen LogP contribution in [0.3, 0.4) is 0 Å². The minimum Gasteiger partial charge on any atom is -0.480 e. The van der Waals surface area contributed by atoms with Gasteiger partial charge < -0.3 is 10.4 Å². The van der Waals surface area contributed by atoms with E-state index in [1.54, 1.807) is 30.3 Å². The molecule has 0 aromatic heterocycles. The van der Waals surface area contributed by atoms with Crippen LogP contribution < -0.4 is 10.0 Å². The monoisotopic (exact) mass is 424 g/mol. The Hall–Kier alpha value is -3.49. The topological polar surface area (TPSA) is 113 Å². The van der Waals surface area contributed by atoms with E-state index in [0.717, 1.165) is 5.56 Å². The Morgan fingerprint density at radius 3 is 2.03 bits per heavy atom. The summed E-state index contributed by atoms with van der Waals surface area (Å²) in [5.41, 5.74) is 2.24. The Morgan fingerprint density at radius 2 is 1.47 bits per heavy atom. The quantitative estimate of drug-likeness (QED) is 0.538. The summed E-state index contributed by atoms with van der Waals surface area (Å²) in [6.45, 7) is 1.92. The Kier molecular flexibility index (Phi) is 6.29. The first-order valence-electron chi connectivity index (χ1n) is 9.04. The summed E-state index contributed by atoms with van der Waals surface area (Å²) in [6, 6.07) is 19.1. The first-order valence-corrected chi connectivity index (χ1v) is 10.5. The summed E-state index contributed by atoms with van der Waals surface area (Å²) >= 11 is 0. The van der Waals surface area contributed by atoms with E-state index in [2.05, 4.69) is 10.0 Å². The number of carbonyl (C=O) groups is 2. The third-order valence-corrected chi connectivity index (χ3v) is 5.83. The highest BCUT2D eigenvalue weighted by atomic mass is 32.2. The number of benzene rings is 3. The molecule has 0 aliphatic heterocycles. The van der Waals surface area contributed by atoms with E-state index in [4.69, 9.17) is 0 Å². The van der Waals surface area contributed by atoms with E-state index in [1.807, 2.05) is 19.1 Å². The standard InChI is InChI=1S/C22H20N2O5S/c1-15-7-9-17(10-8-15)21(25)23-18-11-13-19(14-12-18)30(28,29)24-20(22(26)27)16-5-3-2-4-6-16/h2-14,20,24H,1H3,(H,23,25)(H,26,27)/t20-/m1/s1. The zero-order valence-corrected chi connectivity index (χ0v) is 16.9. The van der Waals surface area contributed by atoms with Gasteiger partial charge in [-0.3, -0.25) is 9.59 Å². The Bertz CT molecular complexity index is 1140. The number of carboxylic acid groups (broad SMARTS) is 1. The number of hydrogen-bond donors (Lipinski definition) is 3. The number of sulfonamides is 1. The average Bonchev–Trinajstić information content (AvgIpc) is 2.73. The number of carbonyl (C=O) groups excluding carboxylic acids is 1. The predicted molar refractivity (Wildman–Crippen MR) is 113 cm³/mol. The number of nitrogens with one attached hydrogen (secondary N) is 2. The zero-order valence-electron chi connectivity index (χ0n) is 16.1. The average molecular weight is 424 g/mol. The smallest absolute Gasteiger partial charge is 0.326 e. The molecule has 0 saturated carbocycles. The van der Waals surface area contributed by atoms with Crippen molar-refractivity contribution in [1.82, 2.24) is 4.72 Å². The summed E-state index contributed by atoms with van der Waals surface area (Å²) in [7, 11) is -4.10. The number of carboxylic acids is 1. The van der Waals surface area contributed by atoms with Crippen LogP contribution in [0.5, 0.6) is 0 Å². The Balaban J connectivity index is 1.75. The third-order valence-electron chi connectivity index (χ3n) is 4.39. The first kappa shape index (κ1) is 21.2. The minimum absolute atomic E-state index is 0.113. The molecule has 3 aromatic rings. The molecule has 0 unspecified atom stereocenters. The highest BCUT2D eigenvalue weighted by Crippen LogP contribution is 2.20. The molecular weight excluding hydrogens is 404 g/mol. The van der Waals surface area contributed by atoms with E-state index in [9.17, 15) is 23.1 Å². The first-order chi connectivity index (χ1) is 14.3. The minimum atomic E-state index is -4.10. The molecule has 3 rings (SSSR count). The van der Waals surface area contributed by atoms with Crippen molar-refractivity contribution in [3.05, 3.63) is 95.6 Å². The van der Waals surface area contributed by atoms with Gasteiger partial charge in [-0.15, -0.1) is 0 Å². The molecule has 30 heavy (non-hydrogen) atoms. The summed E-state index contributed by atoms with van der Waals surface area (Å²) < 4.78 is 27.5. The molecule has 0 bridgehead atoms. The fourth-order valence-electron chi connectivity index (χ4n) is 2.76. The molecule has 3 aromatic carbocycles. The van der Waals surface area contributed by atoms with Gasteiger partial charge in [0, 0.05) is 11.3 Å². The summed E-state index contributed by atoms with van der Waals surface area (Å²) in [4.78, 5) is 23.7. The van der Waals surface area contributed by atoms with Crippen molar-refractivity contribution in [2.45, 2.75) is 17.9 Å². The van der Waals surface area contributed by atoms with Crippen molar-refractivity contribution in [2.24, 2.45) is 0 Å². The van der Waals surface area contributed by atoms with E-state index < -0.39 is 22.0 Å². The van der Waals surface area contributed by atoms with Crippen LogP contribution in [0.1, 0.15) is 27.5 Å². The maximum Gasteiger partial charge on any atom is 0.326 e. The second-order valence-electron chi connectivity index (χ2n) is 6.65. The molecule has 0 aliphatic rings. The predicted octanol–water partition coefficient (Wildman–Crippen LogP) is 3.35. The van der Waals surface area contributed by atoms with Crippen molar-refractivity contribution < 1.29 is 23.1 Å². The lowest BCUT2D eigenvalue weighted by atomic mass is 10.1. The molecule has 7 nitrogen and oxygen atoms in total. The summed E-state index contributed by atoms with van der Waals surface area (Å²) in [6.07, 6.45) is 0. The molecule has 0 fully saturated rings. The van der Waals surface area contributed by atoms with Crippen LogP contribution in [-0.2, 0) is 14.8 Å². The van der Waals surface area contributed by atoms with Crippen LogP contribution >= 0.6 is 0 Å². The number of aryl methyl sites for hydroxylation is 1. The molecule has 1 atom stereocenters. The molecule has 0 radical (unpaired) electrons. The van der Waals surface area contributed by atoms with Gasteiger partial charge >= 0.3 is 5.97 Å². The Labute approximate surface area is 174 Å². The van der Waals surface area contributed by atoms with E-state index >= 15 is 0 Å². The van der Waals surface area contributed by atoms with Crippen molar-refractivity contribution >= 4 is 27.6 Å². The maximum absolute atomic E-state index is 12.6. The second-order valence-corrected chi connectivity index (χ2v) is 8.36. The van der Waals surface area contributed by atoms with Gasteiger partial charge in [0.2, 0.25) is 10.0 Å². The highest BCUT2D eigenvalue weighted by molar-refractivity contribution is 7.89. The molecule has 0 heterocycles. The molecule has 0 aliphatic carbocycles. The molecule has 154 valence electrons. The summed E-state index contributed by atoms with van der Waals surface area (Å²) in [5.74, 6) is -1.63. The lowest BCUT2D eigenvalue weighted by Gasteiger charge is -2.15. The largest absolute Gasteiger partial charge is 0.480 e. The fourth-order valence-corrected chi connectivity index (χ4v) is 3.93. The van der Waals surface area contributed by atoms with E-state index in [0.29, 0.717) is 16.8 Å². The van der Waals surface area contributed by atoms with Gasteiger partial charge in [-0.2, -0.15) is 4.72 Å². The molecule has 3 N–H and O–H groups in total. The van der Waals surface area contributed by atoms with Gasteiger partial charge in [-0.05, 0) is 48.9 Å². The normalized spacial score (nSPS) is 12.2. The van der Waals surface area contributed by atoms with Crippen LogP contribution in [0.2, 0.25) is 0 Å². The number of hydrogen-bond acceptors (Lipinski definition) is 4. The van der Waals surface area contributed by atoms with Gasteiger partial charge in [0.15, 0.2) is 0 Å². The Morgan fingerprint density at radius 1 is 0.867 bits per heavy atom.